The molecule has 1 heterocycles. The van der Waals surface area contributed by atoms with Crippen LogP contribution in [-0.2, 0) is 16.0 Å². The van der Waals surface area contributed by atoms with Crippen molar-refractivity contribution in [2.45, 2.75) is 6.42 Å². The molecule has 3 rings (SSSR count). The van der Waals surface area contributed by atoms with Crippen molar-refractivity contribution in [3.63, 3.8) is 0 Å². The van der Waals surface area contributed by atoms with Gasteiger partial charge in [-0.15, -0.1) is 0 Å². The van der Waals surface area contributed by atoms with Gasteiger partial charge in [0.05, 0.1) is 30.3 Å². The number of Topliss-reactive ketones (excluding diaryl/α,β-unsaturated/α-hetero) is 1. The molecule has 7 heteroatoms. The van der Waals surface area contributed by atoms with Crippen LogP contribution in [0.3, 0.4) is 0 Å². The van der Waals surface area contributed by atoms with Gasteiger partial charge < -0.3 is 10.1 Å². The van der Waals surface area contributed by atoms with E-state index in [0.717, 1.165) is 5.56 Å². The minimum atomic E-state index is -1.01. The van der Waals surface area contributed by atoms with Gasteiger partial charge in [-0.1, -0.05) is 18.2 Å². The Labute approximate surface area is 143 Å². The Morgan fingerprint density at radius 2 is 1.76 bits per heavy atom. The Morgan fingerprint density at radius 1 is 1.04 bits per heavy atom. The summed E-state index contributed by atoms with van der Waals surface area (Å²) < 4.78 is 5.06. The number of nitrogens with one attached hydrogen (secondary N) is 2. The van der Waals surface area contributed by atoms with Gasteiger partial charge in [0.2, 0.25) is 5.91 Å². The number of ketones is 1. The molecule has 0 atom stereocenters. The molecule has 1 aliphatic heterocycles. The van der Waals surface area contributed by atoms with Crippen LogP contribution in [0.1, 0.15) is 26.3 Å². The van der Waals surface area contributed by atoms with E-state index in [-0.39, 0.29) is 29.1 Å². The summed E-state index contributed by atoms with van der Waals surface area (Å²) in [6.45, 7) is 0. The highest BCUT2D eigenvalue weighted by Crippen LogP contribution is 2.24. The zero-order valence-electron chi connectivity index (χ0n) is 13.3. The summed E-state index contributed by atoms with van der Waals surface area (Å²) in [6, 6.07) is 11.4. The smallest absolute Gasteiger partial charge is 0.299 e. The number of fused-ring (bicyclic) bond motifs is 1. The van der Waals surface area contributed by atoms with Crippen LogP contribution in [0.25, 0.3) is 0 Å². The summed E-state index contributed by atoms with van der Waals surface area (Å²) in [5.41, 5.74) is 0.874. The first-order chi connectivity index (χ1) is 12.0. The van der Waals surface area contributed by atoms with Gasteiger partial charge in [-0.3, -0.25) is 24.5 Å². The lowest BCUT2D eigenvalue weighted by Gasteiger charge is -2.17. The molecule has 3 amide bonds. The van der Waals surface area contributed by atoms with E-state index in [1.54, 1.807) is 31.4 Å². The zero-order chi connectivity index (χ0) is 18.0. The molecule has 2 N–H and O–H groups in total. The number of benzene rings is 2. The van der Waals surface area contributed by atoms with Gasteiger partial charge in [0.25, 0.3) is 17.6 Å². The van der Waals surface area contributed by atoms with Crippen LogP contribution < -0.4 is 15.4 Å². The van der Waals surface area contributed by atoms with Gasteiger partial charge in [-0.2, -0.15) is 0 Å². The number of methoxy groups -OCH3 is 1. The van der Waals surface area contributed by atoms with Gasteiger partial charge in [0.1, 0.15) is 5.75 Å². The Hall–Kier alpha value is -3.48. The first kappa shape index (κ1) is 16.4. The Kier molecular flexibility index (Phi) is 4.30. The van der Waals surface area contributed by atoms with Crippen molar-refractivity contribution >= 4 is 29.2 Å². The monoisotopic (exact) mass is 338 g/mol. The lowest BCUT2D eigenvalue weighted by Crippen LogP contribution is -2.42. The molecule has 2 aromatic carbocycles. The summed E-state index contributed by atoms with van der Waals surface area (Å²) in [7, 11) is 1.55. The van der Waals surface area contributed by atoms with Gasteiger partial charge in [-0.25, -0.2) is 0 Å². The highest BCUT2D eigenvalue weighted by Gasteiger charge is 2.32. The second kappa shape index (κ2) is 6.56. The maximum Gasteiger partial charge on any atom is 0.299 e. The number of hydrogen-bond donors (Lipinski definition) is 2. The molecule has 0 spiro atoms. The van der Waals surface area contributed by atoms with E-state index in [4.69, 9.17) is 4.74 Å². The second-order valence-corrected chi connectivity index (χ2v) is 5.41. The molecule has 0 aromatic heterocycles. The molecule has 1 aliphatic rings. The highest BCUT2D eigenvalue weighted by molar-refractivity contribution is 6.50. The van der Waals surface area contributed by atoms with Crippen LogP contribution in [0.5, 0.6) is 5.75 Å². The van der Waals surface area contributed by atoms with E-state index in [1.165, 1.54) is 18.2 Å². The van der Waals surface area contributed by atoms with Crippen LogP contribution in [0.15, 0.2) is 42.5 Å². The van der Waals surface area contributed by atoms with Crippen molar-refractivity contribution in [3.8, 4) is 5.75 Å². The third-order valence-corrected chi connectivity index (χ3v) is 3.77. The summed E-state index contributed by atoms with van der Waals surface area (Å²) in [4.78, 5) is 47.7. The number of anilines is 1. The molecule has 0 bridgehead atoms. The number of hydrogen-bond acceptors (Lipinski definition) is 5. The molecular formula is C18H14N2O5. The van der Waals surface area contributed by atoms with Crippen LogP contribution in [-0.4, -0.2) is 30.6 Å². The van der Waals surface area contributed by atoms with Crippen molar-refractivity contribution < 1.29 is 23.9 Å². The minimum Gasteiger partial charge on any atom is -0.497 e. The maximum absolute atomic E-state index is 12.3. The summed E-state index contributed by atoms with van der Waals surface area (Å²) in [5, 5.41) is 4.56. The van der Waals surface area contributed by atoms with E-state index in [2.05, 4.69) is 5.32 Å². The number of carbonyl (C=O) groups is 4. The highest BCUT2D eigenvalue weighted by atomic mass is 16.5. The Bertz CT molecular complexity index is 887. The SMILES string of the molecule is COc1ccc(CC(=O)Nc2cccc3c2C(=O)C(=O)NC3=O)cc1. The molecule has 0 unspecified atom stereocenters. The predicted molar refractivity (Wildman–Crippen MR) is 88.6 cm³/mol. The largest absolute Gasteiger partial charge is 0.497 e. The third kappa shape index (κ3) is 3.25. The molecule has 0 fully saturated rings. The average molecular weight is 338 g/mol. The molecule has 0 aliphatic carbocycles. The van der Waals surface area contributed by atoms with Crippen molar-refractivity contribution in [3.05, 3.63) is 59.2 Å². The number of rotatable bonds is 4. The molecule has 0 saturated heterocycles. The molecule has 2 aromatic rings. The normalized spacial score (nSPS) is 13.1. The van der Waals surface area contributed by atoms with Crippen LogP contribution >= 0.6 is 0 Å². The average Bonchev–Trinajstić information content (AvgIpc) is 2.60. The lowest BCUT2D eigenvalue weighted by atomic mass is 9.96. The van der Waals surface area contributed by atoms with Gasteiger partial charge in [0.15, 0.2) is 0 Å². The molecule has 7 nitrogen and oxygen atoms in total. The predicted octanol–water partition coefficient (Wildman–Crippen LogP) is 1.33. The quantitative estimate of drug-likeness (QED) is 0.647. The second-order valence-electron chi connectivity index (χ2n) is 5.41. The fraction of sp³-hybridized carbons (Fsp3) is 0.111. The van der Waals surface area contributed by atoms with Gasteiger partial charge in [0, 0.05) is 0 Å². The van der Waals surface area contributed by atoms with Crippen molar-refractivity contribution in [2.24, 2.45) is 0 Å². The van der Waals surface area contributed by atoms with Crippen molar-refractivity contribution in [1.29, 1.82) is 0 Å². The zero-order valence-corrected chi connectivity index (χ0v) is 13.3. The molecule has 126 valence electrons. The van der Waals surface area contributed by atoms with Crippen molar-refractivity contribution in [2.75, 3.05) is 12.4 Å². The van der Waals surface area contributed by atoms with Crippen LogP contribution in [0.2, 0.25) is 0 Å². The summed E-state index contributed by atoms with van der Waals surface area (Å²) >= 11 is 0. The number of ether oxygens (including phenoxy) is 1. The van der Waals surface area contributed by atoms with Crippen LogP contribution in [0, 0.1) is 0 Å². The fourth-order valence-corrected chi connectivity index (χ4v) is 2.55. The molecule has 0 saturated carbocycles. The third-order valence-electron chi connectivity index (χ3n) is 3.77. The lowest BCUT2D eigenvalue weighted by molar-refractivity contribution is -0.117. The maximum atomic E-state index is 12.3. The summed E-state index contributed by atoms with van der Waals surface area (Å²) in [6.07, 6.45) is 0.0714. The van der Waals surface area contributed by atoms with Crippen LogP contribution in [0.4, 0.5) is 5.69 Å². The Morgan fingerprint density at radius 3 is 2.44 bits per heavy atom. The molecule has 0 radical (unpaired) electrons. The van der Waals surface area contributed by atoms with E-state index in [1.807, 2.05) is 5.32 Å². The minimum absolute atomic E-state index is 0.0619. The van der Waals surface area contributed by atoms with Crippen molar-refractivity contribution in [1.82, 2.24) is 5.32 Å². The van der Waals surface area contributed by atoms with Gasteiger partial charge in [-0.05, 0) is 29.8 Å². The summed E-state index contributed by atoms with van der Waals surface area (Å²) in [5.74, 6) is -2.21. The standard InChI is InChI=1S/C18H14N2O5/c1-25-11-7-5-10(6-8-11)9-14(21)19-13-4-2-3-12-15(13)16(22)18(24)20-17(12)23/h2-8H,9H2,1H3,(H,19,21)(H,20,23,24). The fourth-order valence-electron chi connectivity index (χ4n) is 2.55. The van der Waals surface area contributed by atoms with E-state index < -0.39 is 17.6 Å². The first-order valence-electron chi connectivity index (χ1n) is 7.45. The van der Waals surface area contributed by atoms with Gasteiger partial charge >= 0.3 is 0 Å². The molecular weight excluding hydrogens is 324 g/mol. The Balaban J connectivity index is 1.82. The van der Waals surface area contributed by atoms with E-state index in [9.17, 15) is 19.2 Å². The topological polar surface area (TPSA) is 102 Å². The first-order valence-corrected chi connectivity index (χ1v) is 7.45. The number of imide groups is 1. The number of amides is 3. The molecule has 25 heavy (non-hydrogen) atoms. The number of carbonyl (C=O) groups excluding carboxylic acids is 4. The van der Waals surface area contributed by atoms with E-state index in [0.29, 0.717) is 5.75 Å². The van der Waals surface area contributed by atoms with E-state index >= 15 is 0 Å².